The van der Waals surface area contributed by atoms with E-state index in [0.717, 1.165) is 6.29 Å². The molecule has 0 N–H and O–H groups in total. The molecular formula is C13H18O4. The van der Waals surface area contributed by atoms with Crippen LogP contribution in [0.1, 0.15) is 31.1 Å². The molecular weight excluding hydrogens is 220 g/mol. The highest BCUT2D eigenvalue weighted by Crippen LogP contribution is 2.39. The molecule has 0 spiro atoms. The SMILES string of the molecule is CCOc1ccc(C=O)c(OCC)c1OCC. The van der Waals surface area contributed by atoms with E-state index in [1.807, 2.05) is 20.8 Å². The van der Waals surface area contributed by atoms with Crippen LogP contribution in [0.25, 0.3) is 0 Å². The third kappa shape index (κ3) is 3.12. The highest BCUT2D eigenvalue weighted by molar-refractivity contribution is 5.82. The van der Waals surface area contributed by atoms with E-state index in [0.29, 0.717) is 42.6 Å². The van der Waals surface area contributed by atoms with Gasteiger partial charge in [-0.1, -0.05) is 0 Å². The van der Waals surface area contributed by atoms with Gasteiger partial charge in [-0.3, -0.25) is 4.79 Å². The summed E-state index contributed by atoms with van der Waals surface area (Å²) in [5, 5.41) is 0. The molecule has 0 aliphatic rings. The molecule has 4 heteroatoms. The van der Waals surface area contributed by atoms with Crippen molar-refractivity contribution in [2.24, 2.45) is 0 Å². The minimum absolute atomic E-state index is 0.454. The second kappa shape index (κ2) is 6.78. The monoisotopic (exact) mass is 238 g/mol. The summed E-state index contributed by atoms with van der Waals surface area (Å²) in [6.07, 6.45) is 0.753. The summed E-state index contributed by atoms with van der Waals surface area (Å²) in [5.74, 6) is 1.56. The Morgan fingerprint density at radius 3 is 2.06 bits per heavy atom. The Labute approximate surface area is 101 Å². The molecule has 0 aromatic heterocycles. The lowest BCUT2D eigenvalue weighted by Gasteiger charge is -2.16. The summed E-state index contributed by atoms with van der Waals surface area (Å²) in [7, 11) is 0. The molecule has 1 rings (SSSR count). The Balaban J connectivity index is 3.24. The Morgan fingerprint density at radius 1 is 0.941 bits per heavy atom. The molecule has 0 aliphatic carbocycles. The molecule has 1 aromatic carbocycles. The lowest BCUT2D eigenvalue weighted by atomic mass is 10.2. The zero-order chi connectivity index (χ0) is 12.7. The maximum Gasteiger partial charge on any atom is 0.204 e. The van der Waals surface area contributed by atoms with Gasteiger partial charge in [-0.25, -0.2) is 0 Å². The van der Waals surface area contributed by atoms with Crippen molar-refractivity contribution >= 4 is 6.29 Å². The highest BCUT2D eigenvalue weighted by atomic mass is 16.5. The number of hydrogen-bond donors (Lipinski definition) is 0. The van der Waals surface area contributed by atoms with E-state index in [9.17, 15) is 4.79 Å². The summed E-state index contributed by atoms with van der Waals surface area (Å²) in [6, 6.07) is 3.40. The fraction of sp³-hybridized carbons (Fsp3) is 0.462. The second-order valence-electron chi connectivity index (χ2n) is 3.23. The number of ether oxygens (including phenoxy) is 3. The van der Waals surface area contributed by atoms with Gasteiger partial charge in [-0.2, -0.15) is 0 Å². The fourth-order valence-electron chi connectivity index (χ4n) is 1.50. The van der Waals surface area contributed by atoms with Gasteiger partial charge in [-0.05, 0) is 32.9 Å². The largest absolute Gasteiger partial charge is 0.490 e. The number of rotatable bonds is 7. The van der Waals surface area contributed by atoms with Gasteiger partial charge < -0.3 is 14.2 Å². The molecule has 0 saturated carbocycles. The number of benzene rings is 1. The van der Waals surface area contributed by atoms with Crippen LogP contribution in [-0.2, 0) is 0 Å². The van der Waals surface area contributed by atoms with Crippen molar-refractivity contribution in [1.82, 2.24) is 0 Å². The van der Waals surface area contributed by atoms with Crippen molar-refractivity contribution < 1.29 is 19.0 Å². The molecule has 0 atom stereocenters. The number of carbonyl (C=O) groups excluding carboxylic acids is 1. The number of hydrogen-bond acceptors (Lipinski definition) is 4. The van der Waals surface area contributed by atoms with E-state index in [2.05, 4.69) is 0 Å². The maximum absolute atomic E-state index is 11.0. The topological polar surface area (TPSA) is 44.8 Å². The molecule has 0 unspecified atom stereocenters. The zero-order valence-electron chi connectivity index (χ0n) is 10.5. The zero-order valence-corrected chi connectivity index (χ0v) is 10.5. The minimum Gasteiger partial charge on any atom is -0.490 e. The first-order valence-electron chi connectivity index (χ1n) is 5.78. The Morgan fingerprint density at radius 2 is 1.53 bits per heavy atom. The van der Waals surface area contributed by atoms with E-state index in [4.69, 9.17) is 14.2 Å². The van der Waals surface area contributed by atoms with Crippen LogP contribution in [-0.4, -0.2) is 26.1 Å². The van der Waals surface area contributed by atoms with Crippen molar-refractivity contribution in [3.63, 3.8) is 0 Å². The molecule has 0 amide bonds. The van der Waals surface area contributed by atoms with Crippen LogP contribution in [0.2, 0.25) is 0 Å². The lowest BCUT2D eigenvalue weighted by Crippen LogP contribution is -2.04. The normalized spacial score (nSPS) is 9.82. The van der Waals surface area contributed by atoms with Gasteiger partial charge in [0, 0.05) is 0 Å². The smallest absolute Gasteiger partial charge is 0.204 e. The highest BCUT2D eigenvalue weighted by Gasteiger charge is 2.16. The minimum atomic E-state index is 0.454. The number of aldehydes is 1. The van der Waals surface area contributed by atoms with E-state index in [1.165, 1.54) is 0 Å². The van der Waals surface area contributed by atoms with Crippen LogP contribution in [0.5, 0.6) is 17.2 Å². The molecule has 1 aromatic rings. The molecule has 17 heavy (non-hydrogen) atoms. The third-order valence-corrected chi connectivity index (χ3v) is 2.11. The average Bonchev–Trinajstić information content (AvgIpc) is 2.34. The van der Waals surface area contributed by atoms with Crippen LogP contribution < -0.4 is 14.2 Å². The van der Waals surface area contributed by atoms with Crippen LogP contribution in [0.4, 0.5) is 0 Å². The van der Waals surface area contributed by atoms with Crippen molar-refractivity contribution in [1.29, 1.82) is 0 Å². The van der Waals surface area contributed by atoms with Crippen molar-refractivity contribution in [3.8, 4) is 17.2 Å². The van der Waals surface area contributed by atoms with E-state index in [1.54, 1.807) is 12.1 Å². The van der Waals surface area contributed by atoms with Gasteiger partial charge >= 0.3 is 0 Å². The van der Waals surface area contributed by atoms with Gasteiger partial charge in [0.2, 0.25) is 5.75 Å². The second-order valence-corrected chi connectivity index (χ2v) is 3.23. The Hall–Kier alpha value is -1.71. The van der Waals surface area contributed by atoms with Crippen LogP contribution in [0.3, 0.4) is 0 Å². The molecule has 0 radical (unpaired) electrons. The van der Waals surface area contributed by atoms with Gasteiger partial charge in [0.1, 0.15) is 0 Å². The third-order valence-electron chi connectivity index (χ3n) is 2.11. The predicted octanol–water partition coefficient (Wildman–Crippen LogP) is 2.70. The summed E-state index contributed by atoms with van der Waals surface area (Å²) in [5.41, 5.74) is 0.471. The van der Waals surface area contributed by atoms with E-state index < -0.39 is 0 Å². The Kier molecular flexibility index (Phi) is 5.33. The van der Waals surface area contributed by atoms with Crippen LogP contribution >= 0.6 is 0 Å². The Bertz CT molecular complexity index is 374. The molecule has 94 valence electrons. The molecule has 0 fully saturated rings. The summed E-state index contributed by atoms with van der Waals surface area (Å²) >= 11 is 0. The molecule has 0 saturated heterocycles. The van der Waals surface area contributed by atoms with Gasteiger partial charge in [0.15, 0.2) is 17.8 Å². The standard InChI is InChI=1S/C13H18O4/c1-4-15-11-8-7-10(9-14)12(16-5-2)13(11)17-6-3/h7-9H,4-6H2,1-3H3. The lowest BCUT2D eigenvalue weighted by molar-refractivity contribution is 0.111. The van der Waals surface area contributed by atoms with Crippen molar-refractivity contribution in [2.45, 2.75) is 20.8 Å². The number of carbonyl (C=O) groups is 1. The molecule has 0 heterocycles. The van der Waals surface area contributed by atoms with Crippen LogP contribution in [0, 0.1) is 0 Å². The van der Waals surface area contributed by atoms with Crippen molar-refractivity contribution in [3.05, 3.63) is 17.7 Å². The van der Waals surface area contributed by atoms with Crippen LogP contribution in [0.15, 0.2) is 12.1 Å². The van der Waals surface area contributed by atoms with Gasteiger partial charge in [0.05, 0.1) is 25.4 Å². The average molecular weight is 238 g/mol. The maximum atomic E-state index is 11.0. The van der Waals surface area contributed by atoms with E-state index >= 15 is 0 Å². The molecule has 0 aliphatic heterocycles. The van der Waals surface area contributed by atoms with Gasteiger partial charge in [0.25, 0.3) is 0 Å². The molecule has 4 nitrogen and oxygen atoms in total. The fourth-order valence-corrected chi connectivity index (χ4v) is 1.50. The van der Waals surface area contributed by atoms with E-state index in [-0.39, 0.29) is 0 Å². The summed E-state index contributed by atoms with van der Waals surface area (Å²) in [6.45, 7) is 7.12. The first-order valence-corrected chi connectivity index (χ1v) is 5.78. The quantitative estimate of drug-likeness (QED) is 0.685. The first kappa shape index (κ1) is 13.4. The first-order chi connectivity index (χ1) is 8.28. The molecule has 0 bridgehead atoms. The summed E-state index contributed by atoms with van der Waals surface area (Å²) in [4.78, 5) is 11.0. The van der Waals surface area contributed by atoms with Gasteiger partial charge in [-0.15, -0.1) is 0 Å². The van der Waals surface area contributed by atoms with Crippen molar-refractivity contribution in [2.75, 3.05) is 19.8 Å². The summed E-state index contributed by atoms with van der Waals surface area (Å²) < 4.78 is 16.4. The predicted molar refractivity (Wildman–Crippen MR) is 65.3 cm³/mol.